The van der Waals surface area contributed by atoms with E-state index in [9.17, 15) is 0 Å². The molecule has 0 spiro atoms. The summed E-state index contributed by atoms with van der Waals surface area (Å²) in [6.07, 6.45) is 3.96. The first-order chi connectivity index (χ1) is 5.65. The van der Waals surface area contributed by atoms with E-state index in [0.717, 1.165) is 24.1 Å². The zero-order valence-corrected chi connectivity index (χ0v) is 7.67. The average molecular weight is 165 g/mol. The highest BCUT2D eigenvalue weighted by Gasteiger charge is 2.18. The lowest BCUT2D eigenvalue weighted by molar-refractivity contribution is 0.316. The summed E-state index contributed by atoms with van der Waals surface area (Å²) in [6, 6.07) is 0. The Kier molecular flexibility index (Phi) is 2.69. The van der Waals surface area contributed by atoms with Crippen LogP contribution >= 0.6 is 0 Å². The topological polar surface area (TPSA) is 32.6 Å². The zero-order valence-electron chi connectivity index (χ0n) is 7.67. The molecule has 66 valence electrons. The van der Waals surface area contributed by atoms with Gasteiger partial charge < -0.3 is 5.21 Å². The number of hydrogen-bond acceptors (Lipinski definition) is 2. The third kappa shape index (κ3) is 1.76. The summed E-state index contributed by atoms with van der Waals surface area (Å²) >= 11 is 0. The van der Waals surface area contributed by atoms with Gasteiger partial charge in [0.15, 0.2) is 0 Å². The second kappa shape index (κ2) is 3.57. The quantitative estimate of drug-likeness (QED) is 0.361. The monoisotopic (exact) mass is 165 g/mol. The minimum absolute atomic E-state index is 0.458. The normalized spacial score (nSPS) is 27.0. The van der Waals surface area contributed by atoms with Crippen molar-refractivity contribution < 1.29 is 5.21 Å². The number of allylic oxidation sites excluding steroid dienone is 3. The van der Waals surface area contributed by atoms with E-state index in [-0.39, 0.29) is 0 Å². The van der Waals surface area contributed by atoms with Gasteiger partial charge in [0.05, 0.1) is 5.71 Å². The van der Waals surface area contributed by atoms with Crippen LogP contribution in [-0.4, -0.2) is 10.9 Å². The smallest absolute Gasteiger partial charge is 0.0827 e. The summed E-state index contributed by atoms with van der Waals surface area (Å²) in [5.41, 5.74) is 3.06. The lowest BCUT2D eigenvalue weighted by Crippen LogP contribution is -2.15. The minimum Gasteiger partial charge on any atom is -0.411 e. The summed E-state index contributed by atoms with van der Waals surface area (Å²) in [7, 11) is 0. The fraction of sp³-hybridized carbons (Fsp3) is 0.500. The molecule has 0 saturated carbocycles. The van der Waals surface area contributed by atoms with E-state index >= 15 is 0 Å². The van der Waals surface area contributed by atoms with Crippen molar-refractivity contribution in [2.24, 2.45) is 11.1 Å². The van der Waals surface area contributed by atoms with Crippen molar-refractivity contribution in [2.45, 2.75) is 26.7 Å². The molecule has 12 heavy (non-hydrogen) atoms. The van der Waals surface area contributed by atoms with E-state index in [2.05, 4.69) is 17.8 Å². The maximum absolute atomic E-state index is 8.68. The molecule has 0 radical (unpaired) electrons. The Morgan fingerprint density at radius 2 is 2.42 bits per heavy atom. The van der Waals surface area contributed by atoms with Crippen molar-refractivity contribution in [2.75, 3.05) is 0 Å². The first-order valence-electron chi connectivity index (χ1n) is 4.18. The first kappa shape index (κ1) is 9.04. The Morgan fingerprint density at radius 1 is 1.75 bits per heavy atom. The molecule has 0 fully saturated rings. The van der Waals surface area contributed by atoms with Crippen LogP contribution in [0.5, 0.6) is 0 Å². The van der Waals surface area contributed by atoms with Crippen molar-refractivity contribution in [1.29, 1.82) is 0 Å². The molecule has 0 aromatic carbocycles. The molecule has 0 aromatic rings. The highest BCUT2D eigenvalue weighted by molar-refractivity contribution is 6.00. The van der Waals surface area contributed by atoms with Crippen molar-refractivity contribution in [3.63, 3.8) is 0 Å². The number of nitrogens with zero attached hydrogens (tertiary/aromatic N) is 1. The van der Waals surface area contributed by atoms with Gasteiger partial charge in [-0.15, -0.1) is 0 Å². The van der Waals surface area contributed by atoms with Gasteiger partial charge in [-0.3, -0.25) is 0 Å². The van der Waals surface area contributed by atoms with E-state index in [0.29, 0.717) is 5.92 Å². The molecule has 1 N–H and O–H groups in total. The minimum atomic E-state index is 0.458. The fourth-order valence-electron chi connectivity index (χ4n) is 1.41. The Morgan fingerprint density at radius 3 is 2.92 bits per heavy atom. The highest BCUT2D eigenvalue weighted by atomic mass is 16.4. The van der Waals surface area contributed by atoms with Gasteiger partial charge in [0.1, 0.15) is 0 Å². The van der Waals surface area contributed by atoms with Crippen molar-refractivity contribution in [1.82, 2.24) is 0 Å². The molecule has 0 bridgehead atoms. The maximum Gasteiger partial charge on any atom is 0.0827 e. The molecular weight excluding hydrogens is 150 g/mol. The summed E-state index contributed by atoms with van der Waals surface area (Å²) in [6.45, 7) is 7.90. The van der Waals surface area contributed by atoms with E-state index in [1.165, 1.54) is 5.57 Å². The lowest BCUT2D eigenvalue weighted by Gasteiger charge is -2.21. The average Bonchev–Trinajstić information content (AvgIpc) is 2.05. The SMILES string of the molecule is C=C(C)[C@H]1CC=C(C)C(=NO)C1. The van der Waals surface area contributed by atoms with Crippen LogP contribution in [-0.2, 0) is 0 Å². The molecule has 0 heterocycles. The Hall–Kier alpha value is -1.05. The van der Waals surface area contributed by atoms with Crippen LogP contribution in [0.15, 0.2) is 29.0 Å². The molecule has 0 aromatic heterocycles. The van der Waals surface area contributed by atoms with E-state index < -0.39 is 0 Å². The molecule has 1 aliphatic rings. The molecule has 2 nitrogen and oxygen atoms in total. The van der Waals surface area contributed by atoms with Crippen molar-refractivity contribution in [3.05, 3.63) is 23.8 Å². The Bertz CT molecular complexity index is 251. The Labute approximate surface area is 73.3 Å². The van der Waals surface area contributed by atoms with Gasteiger partial charge in [-0.2, -0.15) is 0 Å². The maximum atomic E-state index is 8.68. The molecule has 2 heteroatoms. The number of rotatable bonds is 1. The third-order valence-electron chi connectivity index (χ3n) is 2.42. The van der Waals surface area contributed by atoms with Crippen LogP contribution in [0.1, 0.15) is 26.7 Å². The van der Waals surface area contributed by atoms with Gasteiger partial charge in [0.2, 0.25) is 0 Å². The van der Waals surface area contributed by atoms with Gasteiger partial charge >= 0.3 is 0 Å². The van der Waals surface area contributed by atoms with E-state index in [1.54, 1.807) is 0 Å². The van der Waals surface area contributed by atoms with Crippen LogP contribution in [0.3, 0.4) is 0 Å². The molecule has 0 saturated heterocycles. The predicted octanol–water partition coefficient (Wildman–Crippen LogP) is 2.75. The van der Waals surface area contributed by atoms with Gasteiger partial charge in [-0.05, 0) is 31.8 Å². The fourth-order valence-corrected chi connectivity index (χ4v) is 1.41. The number of hydrogen-bond donors (Lipinski definition) is 1. The van der Waals surface area contributed by atoms with Gasteiger partial charge in [-0.25, -0.2) is 0 Å². The molecule has 1 rings (SSSR count). The zero-order chi connectivity index (χ0) is 9.14. The predicted molar refractivity (Wildman–Crippen MR) is 50.5 cm³/mol. The summed E-state index contributed by atoms with van der Waals surface area (Å²) in [4.78, 5) is 0. The second-order valence-electron chi connectivity index (χ2n) is 3.42. The van der Waals surface area contributed by atoms with E-state index in [1.807, 2.05) is 13.8 Å². The second-order valence-corrected chi connectivity index (χ2v) is 3.42. The van der Waals surface area contributed by atoms with Gasteiger partial charge in [0.25, 0.3) is 0 Å². The number of oxime groups is 1. The largest absolute Gasteiger partial charge is 0.411 e. The summed E-state index contributed by atoms with van der Waals surface area (Å²) in [5.74, 6) is 0.458. The standard InChI is InChI=1S/C10H15NO/c1-7(2)9-5-4-8(3)10(6-9)11-12/h4,9,12H,1,5-6H2,2-3H3/t9-/m0/s1. The van der Waals surface area contributed by atoms with Crippen molar-refractivity contribution >= 4 is 5.71 Å². The molecule has 0 amide bonds. The third-order valence-corrected chi connectivity index (χ3v) is 2.42. The Balaban J connectivity index is 2.78. The highest BCUT2D eigenvalue weighted by Crippen LogP contribution is 2.26. The summed E-state index contributed by atoms with van der Waals surface area (Å²) in [5, 5.41) is 11.9. The molecule has 1 aliphatic carbocycles. The van der Waals surface area contributed by atoms with Crippen LogP contribution in [0, 0.1) is 5.92 Å². The molecular formula is C10H15NO. The molecule has 1 atom stereocenters. The van der Waals surface area contributed by atoms with Crippen LogP contribution < -0.4 is 0 Å². The van der Waals surface area contributed by atoms with Crippen LogP contribution in [0.4, 0.5) is 0 Å². The van der Waals surface area contributed by atoms with Crippen molar-refractivity contribution in [3.8, 4) is 0 Å². The van der Waals surface area contributed by atoms with Crippen LogP contribution in [0.25, 0.3) is 0 Å². The van der Waals surface area contributed by atoms with Gasteiger partial charge in [0, 0.05) is 6.42 Å². The van der Waals surface area contributed by atoms with Crippen LogP contribution in [0.2, 0.25) is 0 Å². The molecule has 0 aliphatic heterocycles. The van der Waals surface area contributed by atoms with E-state index in [4.69, 9.17) is 5.21 Å². The van der Waals surface area contributed by atoms with Gasteiger partial charge in [-0.1, -0.05) is 23.4 Å². The first-order valence-corrected chi connectivity index (χ1v) is 4.18. The molecule has 0 unspecified atom stereocenters. The summed E-state index contributed by atoms with van der Waals surface area (Å²) < 4.78 is 0. The lowest BCUT2D eigenvalue weighted by atomic mass is 9.85.